The van der Waals surface area contributed by atoms with Crippen molar-refractivity contribution in [3.05, 3.63) is 59.9 Å². The van der Waals surface area contributed by atoms with Gasteiger partial charge in [-0.25, -0.2) is 9.18 Å². The normalized spacial score (nSPS) is 13.7. The van der Waals surface area contributed by atoms with Crippen molar-refractivity contribution in [2.45, 2.75) is 26.2 Å². The average molecular weight is 429 g/mol. The first-order chi connectivity index (χ1) is 15.1. The summed E-state index contributed by atoms with van der Waals surface area (Å²) in [6, 6.07) is 13.1. The second-order valence-corrected chi connectivity index (χ2v) is 7.50. The summed E-state index contributed by atoms with van der Waals surface area (Å²) in [5.74, 6) is -0.310. The first kappa shape index (κ1) is 22.6. The fourth-order valence-electron chi connectivity index (χ4n) is 3.40. The van der Waals surface area contributed by atoms with Crippen molar-refractivity contribution in [3.8, 4) is 5.75 Å². The van der Waals surface area contributed by atoms with Gasteiger partial charge in [-0.2, -0.15) is 0 Å². The number of amides is 1. The van der Waals surface area contributed by atoms with E-state index in [4.69, 9.17) is 9.47 Å². The Hall–Kier alpha value is -3.09. The summed E-state index contributed by atoms with van der Waals surface area (Å²) in [6.07, 6.45) is 3.26. The van der Waals surface area contributed by atoms with Gasteiger partial charge in [-0.05, 0) is 55.0 Å². The van der Waals surface area contributed by atoms with Gasteiger partial charge in [0, 0.05) is 31.9 Å². The summed E-state index contributed by atoms with van der Waals surface area (Å²) in [6.45, 7) is 4.84. The first-order valence-corrected chi connectivity index (χ1v) is 10.7. The second-order valence-electron chi connectivity index (χ2n) is 7.50. The Labute approximate surface area is 182 Å². The van der Waals surface area contributed by atoms with Crippen LogP contribution < -0.4 is 9.64 Å². The van der Waals surface area contributed by atoms with Gasteiger partial charge in [0.2, 0.25) is 0 Å². The lowest BCUT2D eigenvalue weighted by atomic mass is 10.2. The predicted octanol–water partition coefficient (Wildman–Crippen LogP) is 3.90. The number of carbonyl (C=O) groups is 2. The lowest BCUT2D eigenvalue weighted by molar-refractivity contribution is -0.134. The molecule has 0 unspecified atom stereocenters. The maximum atomic E-state index is 13.1. The molecular weight excluding hydrogens is 399 g/mol. The molecular formula is C24H29FN2O4. The molecule has 166 valence electrons. The topological polar surface area (TPSA) is 59.1 Å². The van der Waals surface area contributed by atoms with Crippen LogP contribution in [0.3, 0.4) is 0 Å². The smallest absolute Gasteiger partial charge is 0.338 e. The molecule has 0 N–H and O–H groups in total. The molecule has 1 saturated heterocycles. The number of hydrogen-bond donors (Lipinski definition) is 0. The summed E-state index contributed by atoms with van der Waals surface area (Å²) in [4.78, 5) is 28.4. The van der Waals surface area contributed by atoms with E-state index in [0.29, 0.717) is 44.1 Å². The third-order valence-electron chi connectivity index (χ3n) is 5.26. The number of hydrogen-bond acceptors (Lipinski definition) is 5. The average Bonchev–Trinajstić information content (AvgIpc) is 2.81. The second kappa shape index (κ2) is 11.3. The van der Waals surface area contributed by atoms with E-state index >= 15 is 0 Å². The highest BCUT2D eigenvalue weighted by Crippen LogP contribution is 2.17. The molecule has 6 nitrogen and oxygen atoms in total. The molecule has 2 aromatic rings. The number of rotatable bonds is 9. The van der Waals surface area contributed by atoms with Gasteiger partial charge in [0.1, 0.15) is 11.6 Å². The number of esters is 1. The Morgan fingerprint density at radius 3 is 2.26 bits per heavy atom. The van der Waals surface area contributed by atoms with E-state index in [0.717, 1.165) is 24.9 Å². The van der Waals surface area contributed by atoms with Gasteiger partial charge in [-0.1, -0.05) is 19.8 Å². The van der Waals surface area contributed by atoms with Gasteiger partial charge >= 0.3 is 5.97 Å². The third-order valence-corrected chi connectivity index (χ3v) is 5.26. The van der Waals surface area contributed by atoms with Crippen molar-refractivity contribution in [3.63, 3.8) is 0 Å². The Morgan fingerprint density at radius 2 is 1.61 bits per heavy atom. The molecule has 0 aliphatic carbocycles. The van der Waals surface area contributed by atoms with Crippen molar-refractivity contribution in [1.82, 2.24) is 4.90 Å². The lowest BCUT2D eigenvalue weighted by Gasteiger charge is -2.36. The minimum atomic E-state index is -0.532. The quantitative estimate of drug-likeness (QED) is 0.448. The van der Waals surface area contributed by atoms with Crippen LogP contribution in [-0.4, -0.2) is 56.2 Å². The zero-order valence-corrected chi connectivity index (χ0v) is 17.9. The molecule has 2 aromatic carbocycles. The Morgan fingerprint density at radius 1 is 0.935 bits per heavy atom. The van der Waals surface area contributed by atoms with Gasteiger partial charge in [0.15, 0.2) is 6.61 Å². The molecule has 0 bridgehead atoms. The molecule has 0 aromatic heterocycles. The Balaban J connectivity index is 1.40. The number of anilines is 1. The van der Waals surface area contributed by atoms with Crippen molar-refractivity contribution < 1.29 is 23.5 Å². The fourth-order valence-corrected chi connectivity index (χ4v) is 3.40. The molecule has 0 spiro atoms. The lowest BCUT2D eigenvalue weighted by Crippen LogP contribution is -2.49. The molecule has 31 heavy (non-hydrogen) atoms. The zero-order chi connectivity index (χ0) is 22.1. The fraction of sp³-hybridized carbons (Fsp3) is 0.417. The van der Waals surface area contributed by atoms with Crippen LogP contribution in [0.4, 0.5) is 10.1 Å². The van der Waals surface area contributed by atoms with Crippen LogP contribution in [0.15, 0.2) is 48.5 Å². The monoisotopic (exact) mass is 428 g/mol. The number of piperazine rings is 1. The van der Waals surface area contributed by atoms with Gasteiger partial charge in [0.25, 0.3) is 5.91 Å². The van der Waals surface area contributed by atoms with E-state index in [2.05, 4.69) is 11.8 Å². The Kier molecular flexibility index (Phi) is 8.27. The van der Waals surface area contributed by atoms with E-state index < -0.39 is 5.97 Å². The minimum absolute atomic E-state index is 0.219. The summed E-state index contributed by atoms with van der Waals surface area (Å²) in [7, 11) is 0. The standard InChI is InChI=1S/C24H29FN2O4/c1-2-3-4-17-30-22-11-5-19(6-12-22)24(29)31-18-23(28)27-15-13-26(14-16-27)21-9-7-20(25)8-10-21/h5-12H,2-4,13-18H2,1H3. The van der Waals surface area contributed by atoms with Gasteiger partial charge < -0.3 is 19.3 Å². The highest BCUT2D eigenvalue weighted by Gasteiger charge is 2.22. The summed E-state index contributed by atoms with van der Waals surface area (Å²) < 4.78 is 23.9. The highest BCUT2D eigenvalue weighted by atomic mass is 19.1. The van der Waals surface area contributed by atoms with Crippen LogP contribution in [0.25, 0.3) is 0 Å². The van der Waals surface area contributed by atoms with E-state index in [1.54, 1.807) is 41.3 Å². The SMILES string of the molecule is CCCCCOc1ccc(C(=O)OCC(=O)N2CCN(c3ccc(F)cc3)CC2)cc1. The summed E-state index contributed by atoms with van der Waals surface area (Å²) in [5.41, 5.74) is 1.31. The number of benzene rings is 2. The first-order valence-electron chi connectivity index (χ1n) is 10.7. The van der Waals surface area contributed by atoms with Crippen LogP contribution >= 0.6 is 0 Å². The third kappa shape index (κ3) is 6.70. The zero-order valence-electron chi connectivity index (χ0n) is 17.9. The summed E-state index contributed by atoms with van der Waals surface area (Å²) >= 11 is 0. The van der Waals surface area contributed by atoms with Crippen LogP contribution in [-0.2, 0) is 9.53 Å². The highest BCUT2D eigenvalue weighted by molar-refractivity contribution is 5.91. The molecule has 1 aliphatic heterocycles. The minimum Gasteiger partial charge on any atom is -0.494 e. The van der Waals surface area contributed by atoms with Gasteiger partial charge in [-0.15, -0.1) is 0 Å². The largest absolute Gasteiger partial charge is 0.494 e. The van der Waals surface area contributed by atoms with E-state index in [-0.39, 0.29) is 18.3 Å². The molecule has 0 radical (unpaired) electrons. The van der Waals surface area contributed by atoms with Crippen LogP contribution in [0.5, 0.6) is 5.75 Å². The van der Waals surface area contributed by atoms with Crippen LogP contribution in [0, 0.1) is 5.82 Å². The maximum Gasteiger partial charge on any atom is 0.338 e. The van der Waals surface area contributed by atoms with Crippen molar-refractivity contribution >= 4 is 17.6 Å². The van der Waals surface area contributed by atoms with E-state index in [9.17, 15) is 14.0 Å². The van der Waals surface area contributed by atoms with Crippen molar-refractivity contribution in [2.24, 2.45) is 0 Å². The van der Waals surface area contributed by atoms with E-state index in [1.807, 2.05) is 0 Å². The summed E-state index contributed by atoms with van der Waals surface area (Å²) in [5, 5.41) is 0. The van der Waals surface area contributed by atoms with Crippen molar-refractivity contribution in [1.29, 1.82) is 0 Å². The molecule has 1 amide bonds. The number of ether oxygens (including phenoxy) is 2. The number of carbonyl (C=O) groups excluding carboxylic acids is 2. The molecule has 0 atom stereocenters. The van der Waals surface area contributed by atoms with Crippen molar-refractivity contribution in [2.75, 3.05) is 44.3 Å². The molecule has 7 heteroatoms. The molecule has 1 aliphatic rings. The van der Waals surface area contributed by atoms with E-state index in [1.165, 1.54) is 12.1 Å². The molecule has 0 saturated carbocycles. The number of halogens is 1. The van der Waals surface area contributed by atoms with Crippen LogP contribution in [0.2, 0.25) is 0 Å². The number of nitrogens with zero attached hydrogens (tertiary/aromatic N) is 2. The Bertz CT molecular complexity index is 847. The number of unbranched alkanes of at least 4 members (excludes halogenated alkanes) is 2. The predicted molar refractivity (Wildman–Crippen MR) is 117 cm³/mol. The molecule has 1 fully saturated rings. The molecule has 3 rings (SSSR count). The van der Waals surface area contributed by atoms with Gasteiger partial charge in [0.05, 0.1) is 12.2 Å². The van der Waals surface area contributed by atoms with Crippen LogP contribution in [0.1, 0.15) is 36.5 Å². The molecule has 1 heterocycles. The van der Waals surface area contributed by atoms with Gasteiger partial charge in [-0.3, -0.25) is 4.79 Å². The maximum absolute atomic E-state index is 13.1.